The summed E-state index contributed by atoms with van der Waals surface area (Å²) in [5.41, 5.74) is 2.88. The fraction of sp³-hybridized carbons (Fsp3) is 0.367. The standard InChI is InChI=1S/C30H33ClFN7O3/c1-3-30(40)36-23-15-24(27(41-2)16-26(23)38-11-9-37(10-12-38)20-5-6-20)35-28-17-29(34-18-33-28)39-25(8-13-42-39)19-4-7-21(31)22(32)14-19/h3-4,7,14-18,20,25H,1,5-6,8-13H2,2H3,(H,36,40)(H,33,34,35)/t25-/m1/s1. The molecule has 3 aromatic rings. The fourth-order valence-electron chi connectivity index (χ4n) is 5.54. The zero-order valence-corrected chi connectivity index (χ0v) is 24.1. The molecule has 10 nitrogen and oxygen atoms in total. The molecule has 3 fully saturated rings. The van der Waals surface area contributed by atoms with Gasteiger partial charge in [0.2, 0.25) is 5.91 Å². The van der Waals surface area contributed by atoms with Crippen molar-refractivity contribution in [2.24, 2.45) is 0 Å². The van der Waals surface area contributed by atoms with Gasteiger partial charge < -0.3 is 20.3 Å². The number of nitrogens with one attached hydrogen (secondary N) is 2. The zero-order valence-electron chi connectivity index (χ0n) is 23.4. The Balaban J connectivity index is 1.26. The van der Waals surface area contributed by atoms with Crippen LogP contribution >= 0.6 is 11.6 Å². The smallest absolute Gasteiger partial charge is 0.247 e. The van der Waals surface area contributed by atoms with E-state index in [2.05, 4.69) is 37.0 Å². The minimum Gasteiger partial charge on any atom is -0.494 e. The normalized spacial score (nSPS) is 19.1. The largest absolute Gasteiger partial charge is 0.494 e. The van der Waals surface area contributed by atoms with Gasteiger partial charge in [0, 0.05) is 50.8 Å². The molecule has 220 valence electrons. The number of hydroxylamine groups is 1. The topological polar surface area (TPSA) is 95.1 Å². The maximum Gasteiger partial charge on any atom is 0.247 e. The first kappa shape index (κ1) is 28.2. The number of halogens is 2. The van der Waals surface area contributed by atoms with Gasteiger partial charge in [0.15, 0.2) is 5.82 Å². The van der Waals surface area contributed by atoms with Crippen LogP contribution in [0.3, 0.4) is 0 Å². The lowest BCUT2D eigenvalue weighted by Crippen LogP contribution is -2.47. The third kappa shape index (κ3) is 5.99. The van der Waals surface area contributed by atoms with Gasteiger partial charge in [0.05, 0.1) is 41.8 Å². The predicted molar refractivity (Wildman–Crippen MR) is 161 cm³/mol. The molecule has 1 atom stereocenters. The van der Waals surface area contributed by atoms with E-state index in [1.807, 2.05) is 12.1 Å². The molecule has 0 radical (unpaired) electrons. The van der Waals surface area contributed by atoms with Crippen molar-refractivity contribution in [3.05, 3.63) is 71.8 Å². The second-order valence-corrected chi connectivity index (χ2v) is 10.9. The van der Waals surface area contributed by atoms with Crippen molar-refractivity contribution in [1.82, 2.24) is 14.9 Å². The van der Waals surface area contributed by atoms with Gasteiger partial charge in [-0.15, -0.1) is 0 Å². The third-order valence-corrected chi connectivity index (χ3v) is 8.16. The van der Waals surface area contributed by atoms with Crippen LogP contribution in [0.15, 0.2) is 55.4 Å². The number of rotatable bonds is 9. The number of anilines is 5. The Kier molecular flexibility index (Phi) is 8.14. The van der Waals surface area contributed by atoms with Crippen LogP contribution in [0.5, 0.6) is 5.75 Å². The number of hydrogen-bond donors (Lipinski definition) is 2. The molecule has 12 heteroatoms. The van der Waals surface area contributed by atoms with Crippen LogP contribution in [0.25, 0.3) is 0 Å². The highest BCUT2D eigenvalue weighted by Gasteiger charge is 2.32. The quantitative estimate of drug-likeness (QED) is 0.320. The number of carbonyl (C=O) groups is 1. The Morgan fingerprint density at radius 2 is 1.93 bits per heavy atom. The molecule has 1 aromatic heterocycles. The molecule has 6 rings (SSSR count). The van der Waals surface area contributed by atoms with Gasteiger partial charge in [-0.05, 0) is 42.7 Å². The van der Waals surface area contributed by atoms with Crippen molar-refractivity contribution < 1.29 is 18.8 Å². The summed E-state index contributed by atoms with van der Waals surface area (Å²) in [7, 11) is 1.61. The minimum absolute atomic E-state index is 0.0712. The summed E-state index contributed by atoms with van der Waals surface area (Å²) in [4.78, 5) is 31.9. The average molecular weight is 594 g/mol. The number of amides is 1. The highest BCUT2D eigenvalue weighted by atomic mass is 35.5. The molecular formula is C30H33ClFN7O3. The van der Waals surface area contributed by atoms with E-state index in [4.69, 9.17) is 21.2 Å². The van der Waals surface area contributed by atoms with Gasteiger partial charge in [-0.2, -0.15) is 0 Å². The van der Waals surface area contributed by atoms with Gasteiger partial charge in [0.1, 0.15) is 23.7 Å². The molecule has 3 heterocycles. The number of piperazine rings is 1. The number of methoxy groups -OCH3 is 1. The van der Waals surface area contributed by atoms with Crippen molar-refractivity contribution in [1.29, 1.82) is 0 Å². The number of nitrogens with zero attached hydrogens (tertiary/aromatic N) is 5. The van der Waals surface area contributed by atoms with Crippen molar-refractivity contribution in [3.63, 3.8) is 0 Å². The van der Waals surface area contributed by atoms with E-state index in [1.54, 1.807) is 30.4 Å². The van der Waals surface area contributed by atoms with E-state index in [0.29, 0.717) is 41.8 Å². The summed E-state index contributed by atoms with van der Waals surface area (Å²) in [5, 5.41) is 8.00. The predicted octanol–water partition coefficient (Wildman–Crippen LogP) is 5.31. The van der Waals surface area contributed by atoms with E-state index in [-0.39, 0.29) is 17.0 Å². The maximum absolute atomic E-state index is 14.2. The van der Waals surface area contributed by atoms with Crippen LogP contribution < -0.4 is 25.3 Å². The van der Waals surface area contributed by atoms with Crippen LogP contribution in [0.1, 0.15) is 30.9 Å². The molecule has 0 unspecified atom stereocenters. The first-order valence-corrected chi connectivity index (χ1v) is 14.4. The van der Waals surface area contributed by atoms with Crippen LogP contribution in [0.4, 0.5) is 33.1 Å². The number of carbonyl (C=O) groups excluding carboxylic acids is 1. The van der Waals surface area contributed by atoms with E-state index in [9.17, 15) is 9.18 Å². The second kappa shape index (κ2) is 12.1. The molecule has 2 aromatic carbocycles. The Morgan fingerprint density at radius 3 is 2.64 bits per heavy atom. The molecule has 2 N–H and O–H groups in total. The lowest BCUT2D eigenvalue weighted by atomic mass is 10.0. The number of aromatic nitrogens is 2. The van der Waals surface area contributed by atoms with Gasteiger partial charge in [0.25, 0.3) is 0 Å². The minimum atomic E-state index is -0.481. The highest BCUT2D eigenvalue weighted by molar-refractivity contribution is 6.30. The van der Waals surface area contributed by atoms with Crippen LogP contribution in [-0.2, 0) is 9.63 Å². The van der Waals surface area contributed by atoms with Gasteiger partial charge in [-0.25, -0.2) is 19.4 Å². The summed E-state index contributed by atoms with van der Waals surface area (Å²) in [5.74, 6) is 0.810. The Morgan fingerprint density at radius 1 is 1.12 bits per heavy atom. The van der Waals surface area contributed by atoms with Crippen molar-refractivity contribution in [3.8, 4) is 5.75 Å². The number of hydrogen-bond acceptors (Lipinski definition) is 9. The van der Waals surface area contributed by atoms with Crippen molar-refractivity contribution in [2.75, 3.05) is 60.5 Å². The molecule has 1 saturated carbocycles. The van der Waals surface area contributed by atoms with Crippen LogP contribution in [0, 0.1) is 5.82 Å². The van der Waals surface area contributed by atoms with Gasteiger partial charge >= 0.3 is 0 Å². The zero-order chi connectivity index (χ0) is 29.2. The van der Waals surface area contributed by atoms with Crippen molar-refractivity contribution >= 4 is 46.2 Å². The highest BCUT2D eigenvalue weighted by Crippen LogP contribution is 2.40. The molecule has 1 aliphatic carbocycles. The lowest BCUT2D eigenvalue weighted by Gasteiger charge is -2.37. The number of ether oxygens (including phenoxy) is 1. The van der Waals surface area contributed by atoms with Gasteiger partial charge in [-0.1, -0.05) is 24.2 Å². The molecule has 42 heavy (non-hydrogen) atoms. The molecular weight excluding hydrogens is 561 g/mol. The summed E-state index contributed by atoms with van der Waals surface area (Å²) in [6.07, 6.45) is 5.90. The first-order chi connectivity index (χ1) is 20.4. The average Bonchev–Trinajstić information content (AvgIpc) is 3.74. The molecule has 3 aliphatic rings. The summed E-state index contributed by atoms with van der Waals surface area (Å²) < 4.78 is 20.0. The number of benzene rings is 2. The molecule has 0 spiro atoms. The van der Waals surface area contributed by atoms with E-state index in [0.717, 1.165) is 43.5 Å². The molecule has 2 aliphatic heterocycles. The Bertz CT molecular complexity index is 1480. The third-order valence-electron chi connectivity index (χ3n) is 7.85. The SMILES string of the molecule is C=CC(=O)Nc1cc(Nc2cc(N3OCC[C@@H]3c3ccc(Cl)c(F)c3)ncn2)c(OC)cc1N1CCN(C2CC2)CC1. The Labute approximate surface area is 249 Å². The van der Waals surface area contributed by atoms with E-state index >= 15 is 0 Å². The van der Waals surface area contributed by atoms with E-state index < -0.39 is 5.82 Å². The van der Waals surface area contributed by atoms with Gasteiger partial charge in [-0.3, -0.25) is 14.5 Å². The maximum atomic E-state index is 14.2. The first-order valence-electron chi connectivity index (χ1n) is 14.0. The summed E-state index contributed by atoms with van der Waals surface area (Å²) in [6, 6.07) is 10.8. The Hall–Kier alpha value is -3.93. The molecule has 0 bridgehead atoms. The summed E-state index contributed by atoms with van der Waals surface area (Å²) in [6.45, 7) is 7.74. The summed E-state index contributed by atoms with van der Waals surface area (Å²) >= 11 is 5.89. The van der Waals surface area contributed by atoms with E-state index in [1.165, 1.54) is 31.3 Å². The lowest BCUT2D eigenvalue weighted by molar-refractivity contribution is -0.111. The van der Waals surface area contributed by atoms with Crippen LogP contribution in [0.2, 0.25) is 5.02 Å². The van der Waals surface area contributed by atoms with Crippen LogP contribution in [-0.4, -0.2) is 66.7 Å². The molecule has 2 saturated heterocycles. The monoisotopic (exact) mass is 593 g/mol. The van der Waals surface area contributed by atoms with Crippen molar-refractivity contribution in [2.45, 2.75) is 31.3 Å². The second-order valence-electron chi connectivity index (χ2n) is 10.5. The molecule has 1 amide bonds. The fourth-order valence-corrected chi connectivity index (χ4v) is 5.66.